The smallest absolute Gasteiger partial charge is 0.317 e. The standard InChI is InChI=1S/C6H11NO4.C5H9NO4/c1-2-7-5(9)3-6(10)11-4-8;1-6-4(8)2-5(9)10-3-7/h8H,2-4H2,1H3,(H,7,9);7H,2-3H2,1H3,(H,6,8). The van der Waals surface area contributed by atoms with Crippen molar-refractivity contribution in [2.45, 2.75) is 19.8 Å². The summed E-state index contributed by atoms with van der Waals surface area (Å²) in [6.45, 7) is 0.856. The maximum absolute atomic E-state index is 10.6. The number of aliphatic hydroxyl groups excluding tert-OH is 2. The summed E-state index contributed by atoms with van der Waals surface area (Å²) in [7, 11) is 1.41. The van der Waals surface area contributed by atoms with Crippen LogP contribution in [0.2, 0.25) is 0 Å². The first-order valence-corrected chi connectivity index (χ1v) is 5.91. The molecule has 10 heteroatoms. The predicted molar refractivity (Wildman–Crippen MR) is 68.3 cm³/mol. The minimum atomic E-state index is -0.734. The lowest BCUT2D eigenvalue weighted by molar-refractivity contribution is -0.155. The van der Waals surface area contributed by atoms with Gasteiger partial charge in [0.05, 0.1) is 0 Å². The molecular formula is C11H20N2O8. The van der Waals surface area contributed by atoms with E-state index >= 15 is 0 Å². The molecule has 0 heterocycles. The molecule has 0 aliphatic rings. The fraction of sp³-hybridized carbons (Fsp3) is 0.636. The number of nitrogens with one attached hydrogen (secondary N) is 2. The number of hydrogen-bond acceptors (Lipinski definition) is 8. The van der Waals surface area contributed by atoms with Crippen LogP contribution in [0.3, 0.4) is 0 Å². The first kappa shape index (κ1) is 21.1. The highest BCUT2D eigenvalue weighted by Gasteiger charge is 2.08. The molecular weight excluding hydrogens is 288 g/mol. The molecule has 122 valence electrons. The molecule has 0 aliphatic heterocycles. The van der Waals surface area contributed by atoms with Gasteiger partial charge >= 0.3 is 11.9 Å². The van der Waals surface area contributed by atoms with Crippen LogP contribution in [-0.2, 0) is 28.7 Å². The number of esters is 2. The van der Waals surface area contributed by atoms with Gasteiger partial charge in [-0.1, -0.05) is 0 Å². The zero-order valence-corrected chi connectivity index (χ0v) is 11.9. The number of rotatable bonds is 7. The highest BCUT2D eigenvalue weighted by molar-refractivity contribution is 5.94. The van der Waals surface area contributed by atoms with Gasteiger partial charge in [0, 0.05) is 13.6 Å². The van der Waals surface area contributed by atoms with Crippen molar-refractivity contribution >= 4 is 23.8 Å². The van der Waals surface area contributed by atoms with Crippen molar-refractivity contribution in [2.75, 3.05) is 27.2 Å². The third-order valence-electron chi connectivity index (χ3n) is 1.71. The molecule has 0 spiro atoms. The van der Waals surface area contributed by atoms with E-state index < -0.39 is 37.3 Å². The Morgan fingerprint density at radius 2 is 1.33 bits per heavy atom. The molecule has 0 aromatic carbocycles. The Hall–Kier alpha value is -2.20. The van der Waals surface area contributed by atoms with Crippen LogP contribution in [-0.4, -0.2) is 61.1 Å². The van der Waals surface area contributed by atoms with Gasteiger partial charge in [-0.2, -0.15) is 0 Å². The first-order valence-electron chi connectivity index (χ1n) is 5.91. The number of carbonyl (C=O) groups is 4. The molecule has 0 aromatic heterocycles. The number of hydrogen-bond donors (Lipinski definition) is 4. The van der Waals surface area contributed by atoms with Crippen LogP contribution in [0.15, 0.2) is 0 Å². The van der Waals surface area contributed by atoms with E-state index in [4.69, 9.17) is 10.2 Å². The summed E-state index contributed by atoms with van der Waals surface area (Å²) in [6.07, 6.45) is -0.689. The van der Waals surface area contributed by atoms with E-state index in [0.717, 1.165) is 0 Å². The first-order chi connectivity index (χ1) is 9.90. The zero-order chi connectivity index (χ0) is 16.7. The van der Waals surface area contributed by atoms with Gasteiger partial charge in [0.1, 0.15) is 12.8 Å². The maximum Gasteiger partial charge on any atom is 0.317 e. The molecule has 0 unspecified atom stereocenters. The van der Waals surface area contributed by atoms with Crippen LogP contribution in [0.4, 0.5) is 0 Å². The Balaban J connectivity index is 0. The second-order valence-electron chi connectivity index (χ2n) is 3.27. The lowest BCUT2D eigenvalue weighted by Crippen LogP contribution is -2.26. The predicted octanol–water partition coefficient (Wildman–Crippen LogP) is -2.38. The summed E-state index contributed by atoms with van der Waals surface area (Å²) < 4.78 is 8.18. The molecule has 0 aromatic rings. The van der Waals surface area contributed by atoms with Crippen molar-refractivity contribution in [2.24, 2.45) is 0 Å². The van der Waals surface area contributed by atoms with Crippen molar-refractivity contribution < 1.29 is 38.9 Å². The van der Waals surface area contributed by atoms with Crippen molar-refractivity contribution in [3.63, 3.8) is 0 Å². The molecule has 0 bridgehead atoms. The fourth-order valence-corrected chi connectivity index (χ4v) is 0.856. The maximum atomic E-state index is 10.6. The third-order valence-corrected chi connectivity index (χ3v) is 1.71. The minimum absolute atomic E-state index is 0.339. The largest absolute Gasteiger partial charge is 0.438 e. The van der Waals surface area contributed by atoms with Crippen LogP contribution in [0.1, 0.15) is 19.8 Å². The minimum Gasteiger partial charge on any atom is -0.438 e. The van der Waals surface area contributed by atoms with Crippen LogP contribution < -0.4 is 10.6 Å². The van der Waals surface area contributed by atoms with E-state index in [0.29, 0.717) is 6.54 Å². The lowest BCUT2D eigenvalue weighted by Gasteiger charge is -2.00. The summed E-state index contributed by atoms with van der Waals surface area (Å²) in [6, 6.07) is 0. The Kier molecular flexibility index (Phi) is 14.3. The molecule has 0 saturated heterocycles. The van der Waals surface area contributed by atoms with E-state index in [1.54, 1.807) is 6.92 Å². The van der Waals surface area contributed by atoms with E-state index in [9.17, 15) is 19.2 Å². The molecule has 4 N–H and O–H groups in total. The second kappa shape index (κ2) is 14.2. The van der Waals surface area contributed by atoms with Gasteiger partial charge in [0.25, 0.3) is 0 Å². The summed E-state index contributed by atoms with van der Waals surface area (Å²) in [5, 5.41) is 20.8. The zero-order valence-electron chi connectivity index (χ0n) is 11.9. The highest BCUT2D eigenvalue weighted by atomic mass is 16.6. The molecule has 0 saturated carbocycles. The van der Waals surface area contributed by atoms with Crippen molar-refractivity contribution in [3.05, 3.63) is 0 Å². The summed E-state index contributed by atoms with van der Waals surface area (Å²) >= 11 is 0. The number of aliphatic hydroxyl groups is 2. The van der Waals surface area contributed by atoms with Gasteiger partial charge in [0.2, 0.25) is 11.8 Å². The molecule has 0 atom stereocenters. The molecule has 21 heavy (non-hydrogen) atoms. The van der Waals surface area contributed by atoms with Gasteiger partial charge in [-0.3, -0.25) is 19.2 Å². The summed E-state index contributed by atoms with van der Waals surface area (Å²) in [4.78, 5) is 41.9. The van der Waals surface area contributed by atoms with Gasteiger partial charge < -0.3 is 30.3 Å². The average Bonchev–Trinajstić information content (AvgIpc) is 2.39. The van der Waals surface area contributed by atoms with Crippen molar-refractivity contribution in [1.29, 1.82) is 0 Å². The quantitative estimate of drug-likeness (QED) is 0.231. The van der Waals surface area contributed by atoms with E-state index in [1.807, 2.05) is 0 Å². The molecule has 10 nitrogen and oxygen atoms in total. The molecule has 0 aliphatic carbocycles. The monoisotopic (exact) mass is 308 g/mol. The van der Waals surface area contributed by atoms with E-state index in [2.05, 4.69) is 20.1 Å². The van der Waals surface area contributed by atoms with Crippen molar-refractivity contribution in [3.8, 4) is 0 Å². The number of amides is 2. The van der Waals surface area contributed by atoms with Gasteiger partial charge in [-0.25, -0.2) is 0 Å². The van der Waals surface area contributed by atoms with Gasteiger partial charge in [-0.05, 0) is 6.92 Å². The fourth-order valence-electron chi connectivity index (χ4n) is 0.856. The van der Waals surface area contributed by atoms with Gasteiger partial charge in [-0.15, -0.1) is 0 Å². The van der Waals surface area contributed by atoms with Crippen LogP contribution in [0.5, 0.6) is 0 Å². The van der Waals surface area contributed by atoms with Crippen molar-refractivity contribution in [1.82, 2.24) is 10.6 Å². The molecule has 0 rings (SSSR count). The topological polar surface area (TPSA) is 151 Å². The SMILES string of the molecule is CCNC(=O)CC(=O)OCO.CNC(=O)CC(=O)OCO. The van der Waals surface area contributed by atoms with E-state index in [-0.39, 0.29) is 12.8 Å². The van der Waals surface area contributed by atoms with E-state index in [1.165, 1.54) is 7.05 Å². The lowest BCUT2D eigenvalue weighted by atomic mass is 10.4. The van der Waals surface area contributed by atoms with Crippen LogP contribution in [0.25, 0.3) is 0 Å². The van der Waals surface area contributed by atoms with Crippen LogP contribution >= 0.6 is 0 Å². The van der Waals surface area contributed by atoms with Gasteiger partial charge in [0.15, 0.2) is 13.6 Å². The number of carbonyl (C=O) groups excluding carboxylic acids is 4. The highest BCUT2D eigenvalue weighted by Crippen LogP contribution is 1.84. The molecule has 0 radical (unpaired) electrons. The number of ether oxygens (including phenoxy) is 2. The Bertz CT molecular complexity index is 329. The molecule has 0 fully saturated rings. The third kappa shape index (κ3) is 15.7. The summed E-state index contributed by atoms with van der Waals surface area (Å²) in [5.74, 6) is -2.29. The normalized spacial score (nSPS) is 8.76. The Morgan fingerprint density at radius 1 is 0.905 bits per heavy atom. The Morgan fingerprint density at radius 3 is 1.67 bits per heavy atom. The van der Waals surface area contributed by atoms with Crippen LogP contribution in [0, 0.1) is 0 Å². The molecule has 2 amide bonds. The Labute approximate surface area is 121 Å². The average molecular weight is 308 g/mol. The summed E-state index contributed by atoms with van der Waals surface area (Å²) in [5.41, 5.74) is 0. The second-order valence-corrected chi connectivity index (χ2v) is 3.27.